The Morgan fingerprint density at radius 2 is 2.29 bits per heavy atom. The molecule has 2 rings (SSSR count). The van der Waals surface area contributed by atoms with Gasteiger partial charge in [0.25, 0.3) is 0 Å². The lowest BCUT2D eigenvalue weighted by molar-refractivity contribution is 0.212. The first-order valence-electron chi connectivity index (χ1n) is 4.35. The van der Waals surface area contributed by atoms with Gasteiger partial charge in [-0.25, -0.2) is 4.98 Å². The zero-order valence-corrected chi connectivity index (χ0v) is 7.59. The lowest BCUT2D eigenvalue weighted by Crippen LogP contribution is -2.12. The Labute approximate surface area is 82.0 Å². The molecular weight excluding hydrogens is 176 g/mol. The molecule has 0 radical (unpaired) electrons. The second kappa shape index (κ2) is 3.52. The van der Waals surface area contributed by atoms with Crippen molar-refractivity contribution in [3.8, 4) is 12.3 Å². The van der Waals surface area contributed by atoms with Gasteiger partial charge >= 0.3 is 0 Å². The van der Waals surface area contributed by atoms with Crippen molar-refractivity contribution in [2.24, 2.45) is 0 Å². The first-order chi connectivity index (χ1) is 6.81. The van der Waals surface area contributed by atoms with Crippen LogP contribution in [0, 0.1) is 12.3 Å². The van der Waals surface area contributed by atoms with Crippen molar-refractivity contribution >= 4 is 11.0 Å². The normalized spacial score (nSPS) is 12.6. The highest BCUT2D eigenvalue weighted by Crippen LogP contribution is 2.11. The maximum Gasteiger partial charge on any atom is 0.132 e. The summed E-state index contributed by atoms with van der Waals surface area (Å²) in [6.45, 7) is 0.386. The number of hydrogen-bond acceptors (Lipinski definition) is 2. The molecular formula is C11H10N2O. The van der Waals surface area contributed by atoms with Crippen molar-refractivity contribution in [2.75, 3.05) is 0 Å². The Hall–Kier alpha value is -1.79. The molecule has 0 saturated heterocycles. The predicted molar refractivity (Wildman–Crippen MR) is 54.6 cm³/mol. The van der Waals surface area contributed by atoms with Crippen LogP contribution in [0.15, 0.2) is 30.6 Å². The fraction of sp³-hybridized carbons (Fsp3) is 0.182. The van der Waals surface area contributed by atoms with Gasteiger partial charge in [-0.2, -0.15) is 0 Å². The van der Waals surface area contributed by atoms with Gasteiger partial charge in [0.15, 0.2) is 0 Å². The molecule has 1 aromatic heterocycles. The third-order valence-corrected chi connectivity index (χ3v) is 2.09. The van der Waals surface area contributed by atoms with Gasteiger partial charge in [0, 0.05) is 0 Å². The minimum atomic E-state index is -0.757. The molecule has 1 unspecified atom stereocenters. The number of fused-ring (bicyclic) bond motifs is 1. The number of terminal acetylenes is 1. The fourth-order valence-electron chi connectivity index (χ4n) is 1.39. The fourth-order valence-corrected chi connectivity index (χ4v) is 1.39. The molecule has 0 aliphatic carbocycles. The second-order valence-electron chi connectivity index (χ2n) is 3.07. The summed E-state index contributed by atoms with van der Waals surface area (Å²) < 4.78 is 1.85. The number of aromatic nitrogens is 2. The number of para-hydroxylation sites is 2. The van der Waals surface area contributed by atoms with E-state index >= 15 is 0 Å². The molecule has 14 heavy (non-hydrogen) atoms. The maximum absolute atomic E-state index is 9.30. The number of benzene rings is 1. The van der Waals surface area contributed by atoms with E-state index in [2.05, 4.69) is 10.9 Å². The zero-order valence-electron chi connectivity index (χ0n) is 7.59. The molecule has 1 N–H and O–H groups in total. The van der Waals surface area contributed by atoms with Crippen LogP contribution in [0.1, 0.15) is 0 Å². The van der Waals surface area contributed by atoms with E-state index in [1.165, 1.54) is 0 Å². The van der Waals surface area contributed by atoms with Crippen LogP contribution >= 0.6 is 0 Å². The Balaban J connectivity index is 2.39. The highest BCUT2D eigenvalue weighted by molar-refractivity contribution is 5.74. The first kappa shape index (κ1) is 8.79. The standard InChI is InChI=1S/C11H10N2O/c1-2-9(14)7-13-8-12-10-5-3-4-6-11(10)13/h1,3-6,8-9,14H,7H2. The molecule has 1 heterocycles. The maximum atomic E-state index is 9.30. The van der Waals surface area contributed by atoms with Crippen LogP contribution in [0.3, 0.4) is 0 Å². The van der Waals surface area contributed by atoms with E-state index in [4.69, 9.17) is 6.42 Å². The molecule has 0 bridgehead atoms. The van der Waals surface area contributed by atoms with Gasteiger partial charge in [0.05, 0.1) is 23.9 Å². The quantitative estimate of drug-likeness (QED) is 0.711. The zero-order chi connectivity index (χ0) is 9.97. The van der Waals surface area contributed by atoms with Crippen molar-refractivity contribution in [1.82, 2.24) is 9.55 Å². The lowest BCUT2D eigenvalue weighted by atomic mass is 10.3. The number of imidazole rings is 1. The number of nitrogens with zero attached hydrogens (tertiary/aromatic N) is 2. The first-order valence-corrected chi connectivity index (χ1v) is 4.35. The molecule has 0 spiro atoms. The Morgan fingerprint density at radius 3 is 3.07 bits per heavy atom. The van der Waals surface area contributed by atoms with E-state index in [9.17, 15) is 5.11 Å². The molecule has 70 valence electrons. The number of hydrogen-bond donors (Lipinski definition) is 1. The van der Waals surface area contributed by atoms with Crippen LogP contribution in [-0.2, 0) is 6.54 Å². The van der Waals surface area contributed by atoms with Gasteiger partial charge in [-0.1, -0.05) is 18.1 Å². The Bertz CT molecular complexity index is 481. The Morgan fingerprint density at radius 1 is 1.50 bits per heavy atom. The predicted octanol–water partition coefficient (Wildman–Crippen LogP) is 1.03. The van der Waals surface area contributed by atoms with E-state index in [0.717, 1.165) is 11.0 Å². The third-order valence-electron chi connectivity index (χ3n) is 2.09. The van der Waals surface area contributed by atoms with Crippen LogP contribution in [0.4, 0.5) is 0 Å². The van der Waals surface area contributed by atoms with Crippen LogP contribution in [-0.4, -0.2) is 20.8 Å². The van der Waals surface area contributed by atoms with E-state index in [1.54, 1.807) is 6.33 Å². The smallest absolute Gasteiger partial charge is 0.132 e. The molecule has 1 atom stereocenters. The van der Waals surface area contributed by atoms with Gasteiger partial charge in [-0.05, 0) is 12.1 Å². The summed E-state index contributed by atoms with van der Waals surface area (Å²) in [5.74, 6) is 2.27. The van der Waals surface area contributed by atoms with Gasteiger partial charge in [-0.15, -0.1) is 6.42 Å². The third kappa shape index (κ3) is 1.48. The monoisotopic (exact) mass is 186 g/mol. The van der Waals surface area contributed by atoms with Crippen LogP contribution in [0.5, 0.6) is 0 Å². The van der Waals surface area contributed by atoms with Gasteiger partial charge < -0.3 is 9.67 Å². The number of aliphatic hydroxyl groups is 1. The van der Waals surface area contributed by atoms with Crippen molar-refractivity contribution in [3.05, 3.63) is 30.6 Å². The Kier molecular flexibility index (Phi) is 2.21. The van der Waals surface area contributed by atoms with Crippen molar-refractivity contribution in [3.63, 3.8) is 0 Å². The summed E-state index contributed by atoms with van der Waals surface area (Å²) in [6, 6.07) is 7.74. The van der Waals surface area contributed by atoms with E-state index in [-0.39, 0.29) is 0 Å². The molecule has 1 aromatic carbocycles. The van der Waals surface area contributed by atoms with Crippen molar-refractivity contribution in [1.29, 1.82) is 0 Å². The summed E-state index contributed by atoms with van der Waals surface area (Å²) in [5.41, 5.74) is 1.90. The summed E-state index contributed by atoms with van der Waals surface area (Å²) in [5, 5.41) is 9.30. The van der Waals surface area contributed by atoms with Crippen LogP contribution < -0.4 is 0 Å². The molecule has 0 fully saturated rings. The highest BCUT2D eigenvalue weighted by Gasteiger charge is 2.04. The summed E-state index contributed by atoms with van der Waals surface area (Å²) >= 11 is 0. The van der Waals surface area contributed by atoms with Gasteiger partial charge in [0.1, 0.15) is 6.10 Å². The number of aliphatic hydroxyl groups excluding tert-OH is 1. The summed E-state index contributed by atoms with van der Waals surface area (Å²) in [7, 11) is 0. The topological polar surface area (TPSA) is 38.0 Å². The molecule has 0 aliphatic heterocycles. The minimum Gasteiger partial charge on any atom is -0.378 e. The summed E-state index contributed by atoms with van der Waals surface area (Å²) in [4.78, 5) is 4.19. The molecule has 0 aliphatic rings. The van der Waals surface area contributed by atoms with Crippen LogP contribution in [0.2, 0.25) is 0 Å². The van der Waals surface area contributed by atoms with Gasteiger partial charge in [0.2, 0.25) is 0 Å². The molecule has 2 aromatic rings. The highest BCUT2D eigenvalue weighted by atomic mass is 16.3. The molecule has 3 nitrogen and oxygen atoms in total. The van der Waals surface area contributed by atoms with E-state index in [1.807, 2.05) is 28.8 Å². The van der Waals surface area contributed by atoms with Crippen molar-refractivity contribution in [2.45, 2.75) is 12.6 Å². The molecule has 3 heteroatoms. The second-order valence-corrected chi connectivity index (χ2v) is 3.07. The average Bonchev–Trinajstić information content (AvgIpc) is 2.62. The SMILES string of the molecule is C#CC(O)Cn1cnc2ccccc21. The van der Waals surface area contributed by atoms with E-state index in [0.29, 0.717) is 6.54 Å². The lowest BCUT2D eigenvalue weighted by Gasteiger charge is -2.05. The largest absolute Gasteiger partial charge is 0.378 e. The van der Waals surface area contributed by atoms with Crippen molar-refractivity contribution < 1.29 is 5.11 Å². The van der Waals surface area contributed by atoms with Crippen LogP contribution in [0.25, 0.3) is 11.0 Å². The van der Waals surface area contributed by atoms with Gasteiger partial charge in [-0.3, -0.25) is 0 Å². The number of rotatable bonds is 2. The average molecular weight is 186 g/mol. The molecule has 0 saturated carbocycles. The molecule has 0 amide bonds. The minimum absolute atomic E-state index is 0.386. The van der Waals surface area contributed by atoms with E-state index < -0.39 is 6.10 Å². The summed E-state index contributed by atoms with van der Waals surface area (Å²) in [6.07, 6.45) is 6.03.